The van der Waals surface area contributed by atoms with Gasteiger partial charge in [0.1, 0.15) is 0 Å². The van der Waals surface area contributed by atoms with Gasteiger partial charge >= 0.3 is 0 Å². The number of carbonyl (C=O) groups excluding carboxylic acids is 1. The van der Waals surface area contributed by atoms with Gasteiger partial charge in [-0.3, -0.25) is 4.79 Å². The van der Waals surface area contributed by atoms with E-state index >= 15 is 0 Å². The summed E-state index contributed by atoms with van der Waals surface area (Å²) in [4.78, 5) is 11.7. The molecule has 1 aromatic rings. The van der Waals surface area contributed by atoms with Crippen LogP contribution in [0.5, 0.6) is 0 Å². The standard InChI is InChI=1S/C11H14BrNO/c1-7(2)13-11(14)10-5-4-9(12)6-8(10)3/h4-7H,1-3H3,(H,13,14). The Kier molecular flexibility index (Phi) is 3.69. The number of benzene rings is 1. The Balaban J connectivity index is 2.90. The molecule has 0 aliphatic rings. The van der Waals surface area contributed by atoms with Gasteiger partial charge in [0.25, 0.3) is 5.91 Å². The summed E-state index contributed by atoms with van der Waals surface area (Å²) in [7, 11) is 0. The average Bonchev–Trinajstić information content (AvgIpc) is 2.01. The Bertz CT molecular complexity index is 347. The van der Waals surface area contributed by atoms with E-state index in [-0.39, 0.29) is 11.9 Å². The summed E-state index contributed by atoms with van der Waals surface area (Å²) in [5, 5.41) is 2.87. The van der Waals surface area contributed by atoms with Crippen molar-refractivity contribution in [3.63, 3.8) is 0 Å². The van der Waals surface area contributed by atoms with Crippen LogP contribution in [0.25, 0.3) is 0 Å². The fourth-order valence-corrected chi connectivity index (χ4v) is 1.70. The van der Waals surface area contributed by atoms with Gasteiger partial charge in [-0.25, -0.2) is 0 Å². The molecule has 0 saturated carbocycles. The van der Waals surface area contributed by atoms with Crippen LogP contribution in [0, 0.1) is 6.92 Å². The SMILES string of the molecule is Cc1cc(Br)ccc1C(=O)NC(C)C. The molecule has 0 atom stereocenters. The van der Waals surface area contributed by atoms with Crippen LogP contribution in [0.3, 0.4) is 0 Å². The van der Waals surface area contributed by atoms with Gasteiger partial charge in [-0.05, 0) is 44.5 Å². The molecule has 0 saturated heterocycles. The molecule has 0 aliphatic carbocycles. The first-order valence-corrected chi connectivity index (χ1v) is 5.37. The maximum atomic E-state index is 11.7. The predicted octanol–water partition coefficient (Wildman–Crippen LogP) is 2.90. The minimum atomic E-state index is -0.00926. The number of amides is 1. The molecular formula is C11H14BrNO. The lowest BCUT2D eigenvalue weighted by atomic mass is 10.1. The lowest BCUT2D eigenvalue weighted by Gasteiger charge is -2.10. The Hall–Kier alpha value is -0.830. The molecule has 14 heavy (non-hydrogen) atoms. The third-order valence-electron chi connectivity index (χ3n) is 1.85. The Labute approximate surface area is 92.8 Å². The molecule has 76 valence electrons. The highest BCUT2D eigenvalue weighted by Gasteiger charge is 2.09. The summed E-state index contributed by atoms with van der Waals surface area (Å²) in [6, 6.07) is 5.82. The Morgan fingerprint density at radius 3 is 2.57 bits per heavy atom. The molecule has 1 amide bonds. The van der Waals surface area contributed by atoms with E-state index in [1.807, 2.05) is 39.0 Å². The van der Waals surface area contributed by atoms with Gasteiger partial charge in [-0.2, -0.15) is 0 Å². The van der Waals surface area contributed by atoms with Crippen LogP contribution in [0.15, 0.2) is 22.7 Å². The third-order valence-corrected chi connectivity index (χ3v) is 2.35. The fraction of sp³-hybridized carbons (Fsp3) is 0.364. The highest BCUT2D eigenvalue weighted by molar-refractivity contribution is 9.10. The second-order valence-electron chi connectivity index (χ2n) is 3.59. The van der Waals surface area contributed by atoms with Crippen LogP contribution in [0.1, 0.15) is 29.8 Å². The summed E-state index contributed by atoms with van der Waals surface area (Å²) in [5.74, 6) is -0.00926. The first-order valence-electron chi connectivity index (χ1n) is 4.57. The van der Waals surface area contributed by atoms with Crippen LogP contribution >= 0.6 is 15.9 Å². The molecule has 0 aromatic heterocycles. The third kappa shape index (κ3) is 2.84. The minimum Gasteiger partial charge on any atom is -0.350 e. The van der Waals surface area contributed by atoms with Crippen molar-refractivity contribution >= 4 is 21.8 Å². The quantitative estimate of drug-likeness (QED) is 0.866. The number of halogens is 1. The number of nitrogens with one attached hydrogen (secondary N) is 1. The minimum absolute atomic E-state index is 0.00926. The van der Waals surface area contributed by atoms with Crippen molar-refractivity contribution < 1.29 is 4.79 Å². The summed E-state index contributed by atoms with van der Waals surface area (Å²) in [5.41, 5.74) is 1.72. The first-order chi connectivity index (χ1) is 6.50. The van der Waals surface area contributed by atoms with E-state index in [2.05, 4.69) is 21.2 Å². The topological polar surface area (TPSA) is 29.1 Å². The lowest BCUT2D eigenvalue weighted by Crippen LogP contribution is -2.30. The van der Waals surface area contributed by atoms with Crippen molar-refractivity contribution in [2.45, 2.75) is 26.8 Å². The van der Waals surface area contributed by atoms with Crippen LogP contribution < -0.4 is 5.32 Å². The number of rotatable bonds is 2. The molecule has 0 fully saturated rings. The Morgan fingerprint density at radius 2 is 2.07 bits per heavy atom. The maximum Gasteiger partial charge on any atom is 0.251 e. The monoisotopic (exact) mass is 255 g/mol. The van der Waals surface area contributed by atoms with Crippen LogP contribution in [-0.2, 0) is 0 Å². The van der Waals surface area contributed by atoms with Crippen molar-refractivity contribution in [1.29, 1.82) is 0 Å². The van der Waals surface area contributed by atoms with E-state index in [0.29, 0.717) is 0 Å². The molecule has 3 heteroatoms. The molecule has 0 aliphatic heterocycles. The number of hydrogen-bond acceptors (Lipinski definition) is 1. The molecule has 2 nitrogen and oxygen atoms in total. The molecule has 1 rings (SSSR count). The molecular weight excluding hydrogens is 242 g/mol. The average molecular weight is 256 g/mol. The van der Waals surface area contributed by atoms with Crippen molar-refractivity contribution in [1.82, 2.24) is 5.32 Å². The van der Waals surface area contributed by atoms with Crippen LogP contribution in [-0.4, -0.2) is 11.9 Å². The second kappa shape index (κ2) is 4.60. The smallest absolute Gasteiger partial charge is 0.251 e. The summed E-state index contributed by atoms with van der Waals surface area (Å²) >= 11 is 3.36. The molecule has 1 N–H and O–H groups in total. The highest BCUT2D eigenvalue weighted by Crippen LogP contribution is 2.15. The Morgan fingerprint density at radius 1 is 1.43 bits per heavy atom. The molecule has 1 aromatic carbocycles. The zero-order valence-corrected chi connectivity index (χ0v) is 10.2. The molecule has 0 heterocycles. The highest BCUT2D eigenvalue weighted by atomic mass is 79.9. The summed E-state index contributed by atoms with van der Waals surface area (Å²) < 4.78 is 0.996. The van der Waals surface area contributed by atoms with Gasteiger partial charge in [-0.15, -0.1) is 0 Å². The summed E-state index contributed by atoms with van der Waals surface area (Å²) in [6.45, 7) is 5.83. The molecule has 0 unspecified atom stereocenters. The molecule has 0 spiro atoms. The normalized spacial score (nSPS) is 10.4. The van der Waals surface area contributed by atoms with Gasteiger partial charge in [0.2, 0.25) is 0 Å². The van der Waals surface area contributed by atoms with Crippen molar-refractivity contribution in [3.8, 4) is 0 Å². The van der Waals surface area contributed by atoms with Gasteiger partial charge in [0.15, 0.2) is 0 Å². The van der Waals surface area contributed by atoms with Crippen LogP contribution in [0.4, 0.5) is 0 Å². The van der Waals surface area contributed by atoms with Crippen molar-refractivity contribution in [3.05, 3.63) is 33.8 Å². The second-order valence-corrected chi connectivity index (χ2v) is 4.50. The number of hydrogen-bond donors (Lipinski definition) is 1. The zero-order chi connectivity index (χ0) is 10.7. The number of carbonyl (C=O) groups is 1. The van der Waals surface area contributed by atoms with E-state index in [0.717, 1.165) is 15.6 Å². The largest absolute Gasteiger partial charge is 0.350 e. The lowest BCUT2D eigenvalue weighted by molar-refractivity contribution is 0.0942. The fourth-order valence-electron chi connectivity index (χ4n) is 1.22. The van der Waals surface area contributed by atoms with E-state index in [9.17, 15) is 4.79 Å². The maximum absolute atomic E-state index is 11.7. The van der Waals surface area contributed by atoms with Gasteiger partial charge in [0, 0.05) is 16.1 Å². The predicted molar refractivity (Wildman–Crippen MR) is 61.5 cm³/mol. The van der Waals surface area contributed by atoms with E-state index in [4.69, 9.17) is 0 Å². The van der Waals surface area contributed by atoms with Crippen molar-refractivity contribution in [2.24, 2.45) is 0 Å². The molecule has 0 radical (unpaired) electrons. The van der Waals surface area contributed by atoms with Crippen molar-refractivity contribution in [2.75, 3.05) is 0 Å². The first kappa shape index (κ1) is 11.2. The van der Waals surface area contributed by atoms with Gasteiger partial charge in [0.05, 0.1) is 0 Å². The van der Waals surface area contributed by atoms with E-state index in [1.165, 1.54) is 0 Å². The summed E-state index contributed by atoms with van der Waals surface area (Å²) in [6.07, 6.45) is 0. The van der Waals surface area contributed by atoms with E-state index < -0.39 is 0 Å². The van der Waals surface area contributed by atoms with Gasteiger partial charge in [-0.1, -0.05) is 15.9 Å². The molecule has 0 bridgehead atoms. The van der Waals surface area contributed by atoms with Gasteiger partial charge < -0.3 is 5.32 Å². The van der Waals surface area contributed by atoms with Crippen LogP contribution in [0.2, 0.25) is 0 Å². The number of aryl methyl sites for hydroxylation is 1. The zero-order valence-electron chi connectivity index (χ0n) is 8.60. The van der Waals surface area contributed by atoms with E-state index in [1.54, 1.807) is 0 Å².